The number of nitrogens with two attached hydrogens (primary N) is 1. The molecule has 5 N–H and O–H groups in total. The van der Waals surface area contributed by atoms with Crippen LogP contribution in [0.3, 0.4) is 0 Å². The molecule has 0 bridgehead atoms. The van der Waals surface area contributed by atoms with Crippen molar-refractivity contribution < 1.29 is 9.53 Å². The molecular weight excluding hydrogens is 403 g/mol. The molecule has 1 aromatic heterocycles. The summed E-state index contributed by atoms with van der Waals surface area (Å²) < 4.78 is 5.29. The van der Waals surface area contributed by atoms with Crippen molar-refractivity contribution in [1.82, 2.24) is 15.4 Å². The number of carbonyl (C=O) groups excluding carboxylic acids is 1. The summed E-state index contributed by atoms with van der Waals surface area (Å²) >= 11 is 11.9. The molecule has 10 heteroatoms. The zero-order valence-corrected chi connectivity index (χ0v) is 16.2. The normalized spacial score (nSPS) is 10.2. The standard InChI is InChI=1S/C18H16Cl2N6O2/c1-28-14-5-3-2-4-13(14)24-16-15(21)17(23-9-22-16)25-26-18(27)11-7-6-10(19)8-12(11)20/h2-9H,21H2,1H3,(H,26,27)(H2,22,23,24,25). The molecule has 0 aliphatic carbocycles. The summed E-state index contributed by atoms with van der Waals surface area (Å²) in [5, 5.41) is 3.73. The Morgan fingerprint density at radius 1 is 1.11 bits per heavy atom. The maximum absolute atomic E-state index is 12.3. The summed E-state index contributed by atoms with van der Waals surface area (Å²) in [4.78, 5) is 20.5. The lowest BCUT2D eigenvalue weighted by Crippen LogP contribution is -2.30. The van der Waals surface area contributed by atoms with Crippen molar-refractivity contribution in [3.63, 3.8) is 0 Å². The van der Waals surface area contributed by atoms with E-state index in [4.69, 9.17) is 33.7 Å². The zero-order chi connectivity index (χ0) is 20.1. The van der Waals surface area contributed by atoms with Gasteiger partial charge in [0.25, 0.3) is 5.91 Å². The lowest BCUT2D eigenvalue weighted by atomic mass is 10.2. The molecule has 3 rings (SSSR count). The molecule has 144 valence electrons. The quantitative estimate of drug-likeness (QED) is 0.449. The topological polar surface area (TPSA) is 114 Å². The van der Waals surface area contributed by atoms with Crippen molar-refractivity contribution in [2.45, 2.75) is 0 Å². The fourth-order valence-electron chi connectivity index (χ4n) is 2.33. The van der Waals surface area contributed by atoms with Gasteiger partial charge in [0, 0.05) is 5.02 Å². The number of aromatic nitrogens is 2. The second-order valence-corrected chi connectivity index (χ2v) is 6.36. The van der Waals surface area contributed by atoms with E-state index in [1.54, 1.807) is 19.2 Å². The van der Waals surface area contributed by atoms with Gasteiger partial charge in [0.15, 0.2) is 11.6 Å². The van der Waals surface area contributed by atoms with E-state index in [1.165, 1.54) is 18.5 Å². The summed E-state index contributed by atoms with van der Waals surface area (Å²) in [5.41, 5.74) is 12.4. The Morgan fingerprint density at radius 3 is 2.61 bits per heavy atom. The molecule has 0 unspecified atom stereocenters. The third kappa shape index (κ3) is 4.36. The lowest BCUT2D eigenvalue weighted by molar-refractivity contribution is 0.0962. The van der Waals surface area contributed by atoms with Gasteiger partial charge in [-0.25, -0.2) is 9.97 Å². The van der Waals surface area contributed by atoms with Crippen LogP contribution in [0.5, 0.6) is 5.75 Å². The van der Waals surface area contributed by atoms with Crippen LogP contribution in [-0.4, -0.2) is 23.0 Å². The Kier molecular flexibility index (Phi) is 6.03. The van der Waals surface area contributed by atoms with E-state index in [9.17, 15) is 4.79 Å². The second-order valence-electron chi connectivity index (χ2n) is 5.51. The van der Waals surface area contributed by atoms with Gasteiger partial charge in [0.05, 0.1) is 23.4 Å². The first-order valence-electron chi connectivity index (χ1n) is 8.01. The number of anilines is 4. The van der Waals surface area contributed by atoms with Gasteiger partial charge in [-0.05, 0) is 30.3 Å². The number of benzene rings is 2. The van der Waals surface area contributed by atoms with E-state index >= 15 is 0 Å². The maximum Gasteiger partial charge on any atom is 0.271 e. The number of amides is 1. The molecule has 0 saturated heterocycles. The summed E-state index contributed by atoms with van der Waals surface area (Å²) in [5.74, 6) is 0.714. The summed E-state index contributed by atoms with van der Waals surface area (Å²) in [6, 6.07) is 11.9. The highest BCUT2D eigenvalue weighted by Gasteiger charge is 2.14. The van der Waals surface area contributed by atoms with Crippen molar-refractivity contribution in [2.75, 3.05) is 23.6 Å². The minimum absolute atomic E-state index is 0.205. The van der Waals surface area contributed by atoms with Gasteiger partial charge in [-0.2, -0.15) is 0 Å². The van der Waals surface area contributed by atoms with Crippen molar-refractivity contribution in [3.05, 3.63) is 64.4 Å². The number of carbonyl (C=O) groups is 1. The molecule has 0 radical (unpaired) electrons. The van der Waals surface area contributed by atoms with E-state index in [-0.39, 0.29) is 22.1 Å². The molecule has 0 aliphatic rings. The van der Waals surface area contributed by atoms with Crippen LogP contribution in [-0.2, 0) is 0 Å². The number of methoxy groups -OCH3 is 1. The van der Waals surface area contributed by atoms with E-state index in [2.05, 4.69) is 26.1 Å². The number of hydrogen-bond donors (Lipinski definition) is 4. The van der Waals surface area contributed by atoms with Crippen LogP contribution >= 0.6 is 23.2 Å². The molecule has 28 heavy (non-hydrogen) atoms. The molecule has 1 heterocycles. The largest absolute Gasteiger partial charge is 0.495 e. The Morgan fingerprint density at radius 2 is 1.86 bits per heavy atom. The number of rotatable bonds is 6. The molecule has 0 aliphatic heterocycles. The minimum atomic E-state index is -0.473. The molecule has 2 aromatic carbocycles. The molecule has 8 nitrogen and oxygen atoms in total. The molecule has 0 fully saturated rings. The Labute approximate surface area is 171 Å². The molecule has 0 spiro atoms. The number of nitrogens with one attached hydrogen (secondary N) is 3. The summed E-state index contributed by atoms with van der Waals surface area (Å²) in [6.45, 7) is 0. The first kappa shape index (κ1) is 19.5. The SMILES string of the molecule is COc1ccccc1Nc1ncnc(NNC(=O)c2ccc(Cl)cc2Cl)c1N. The van der Waals surface area contributed by atoms with Gasteiger partial charge in [0.2, 0.25) is 0 Å². The van der Waals surface area contributed by atoms with Crippen molar-refractivity contribution in [1.29, 1.82) is 0 Å². The number of para-hydroxylation sites is 2. The molecule has 3 aromatic rings. The van der Waals surface area contributed by atoms with Gasteiger partial charge in [-0.3, -0.25) is 15.6 Å². The highest BCUT2D eigenvalue weighted by atomic mass is 35.5. The van der Waals surface area contributed by atoms with Crippen molar-refractivity contribution >= 4 is 52.1 Å². The van der Waals surface area contributed by atoms with Crippen LogP contribution in [0.2, 0.25) is 10.0 Å². The van der Waals surface area contributed by atoms with Crippen LogP contribution in [0.25, 0.3) is 0 Å². The smallest absolute Gasteiger partial charge is 0.271 e. The first-order valence-corrected chi connectivity index (χ1v) is 8.77. The number of nitrogen functional groups attached to an aromatic ring is 1. The van der Waals surface area contributed by atoms with E-state index < -0.39 is 5.91 Å². The molecule has 0 saturated carbocycles. The fourth-order valence-corrected chi connectivity index (χ4v) is 2.82. The average molecular weight is 419 g/mol. The fraction of sp³-hybridized carbons (Fsp3) is 0.0556. The predicted molar refractivity (Wildman–Crippen MR) is 110 cm³/mol. The van der Waals surface area contributed by atoms with Gasteiger partial charge in [-0.15, -0.1) is 0 Å². The number of hydrogen-bond acceptors (Lipinski definition) is 7. The third-order valence-electron chi connectivity index (χ3n) is 3.71. The van der Waals surface area contributed by atoms with Crippen LogP contribution in [0.15, 0.2) is 48.8 Å². The molecule has 1 amide bonds. The number of hydrazine groups is 1. The first-order chi connectivity index (χ1) is 13.5. The monoisotopic (exact) mass is 418 g/mol. The van der Waals surface area contributed by atoms with Crippen molar-refractivity contribution in [2.24, 2.45) is 0 Å². The van der Waals surface area contributed by atoms with Gasteiger partial charge < -0.3 is 15.8 Å². The van der Waals surface area contributed by atoms with E-state index in [0.717, 1.165) is 0 Å². The van der Waals surface area contributed by atoms with Gasteiger partial charge in [-0.1, -0.05) is 35.3 Å². The predicted octanol–water partition coefficient (Wildman–Crippen LogP) is 3.87. The molecule has 0 atom stereocenters. The van der Waals surface area contributed by atoms with Crippen LogP contribution in [0.4, 0.5) is 23.0 Å². The minimum Gasteiger partial charge on any atom is -0.495 e. The van der Waals surface area contributed by atoms with Crippen LogP contribution in [0, 0.1) is 0 Å². The summed E-state index contributed by atoms with van der Waals surface area (Å²) in [7, 11) is 1.56. The van der Waals surface area contributed by atoms with Crippen molar-refractivity contribution in [3.8, 4) is 5.75 Å². The average Bonchev–Trinajstić information content (AvgIpc) is 2.69. The highest BCUT2D eigenvalue weighted by molar-refractivity contribution is 6.36. The van der Waals surface area contributed by atoms with Crippen LogP contribution in [0.1, 0.15) is 10.4 Å². The van der Waals surface area contributed by atoms with E-state index in [1.807, 2.05) is 18.2 Å². The number of ether oxygens (including phenoxy) is 1. The van der Waals surface area contributed by atoms with Gasteiger partial charge >= 0.3 is 0 Å². The second kappa shape index (κ2) is 8.64. The Bertz CT molecular complexity index is 1020. The highest BCUT2D eigenvalue weighted by Crippen LogP contribution is 2.30. The number of halogens is 2. The Hall–Kier alpha value is -3.23. The number of nitrogens with zero attached hydrogens (tertiary/aromatic N) is 2. The van der Waals surface area contributed by atoms with Crippen LogP contribution < -0.4 is 26.6 Å². The zero-order valence-electron chi connectivity index (χ0n) is 14.7. The maximum atomic E-state index is 12.3. The summed E-state index contributed by atoms with van der Waals surface area (Å²) in [6.07, 6.45) is 1.30. The Balaban J connectivity index is 1.75. The lowest BCUT2D eigenvalue weighted by Gasteiger charge is -2.15. The van der Waals surface area contributed by atoms with E-state index in [0.29, 0.717) is 22.3 Å². The third-order valence-corrected chi connectivity index (χ3v) is 4.26. The van der Waals surface area contributed by atoms with Gasteiger partial charge in [0.1, 0.15) is 17.8 Å². The molecular formula is C18H16Cl2N6O2.